The van der Waals surface area contributed by atoms with Gasteiger partial charge in [0.1, 0.15) is 5.75 Å². The summed E-state index contributed by atoms with van der Waals surface area (Å²) < 4.78 is 7.39. The summed E-state index contributed by atoms with van der Waals surface area (Å²) in [5, 5.41) is 3.37. The van der Waals surface area contributed by atoms with Crippen LogP contribution in [0.2, 0.25) is 0 Å². The van der Waals surface area contributed by atoms with Crippen LogP contribution in [0, 0.1) is 0 Å². The standard InChI is InChI=1S/C14H20N4O/c1-17(2)14-16-10-11(18(14)3)9-15-12-7-5-6-8-13(12)19-4/h5-8,10,15H,9H2,1-4H3. The number of hydrogen-bond acceptors (Lipinski definition) is 4. The lowest BCUT2D eigenvalue weighted by molar-refractivity contribution is 0.416. The lowest BCUT2D eigenvalue weighted by atomic mass is 10.3. The second-order valence-corrected chi connectivity index (χ2v) is 4.56. The Labute approximate surface area is 113 Å². The average Bonchev–Trinajstić information content (AvgIpc) is 2.78. The number of hydrogen-bond donors (Lipinski definition) is 1. The number of rotatable bonds is 5. The van der Waals surface area contributed by atoms with E-state index in [1.807, 2.05) is 56.5 Å². The number of anilines is 2. The number of methoxy groups -OCH3 is 1. The maximum Gasteiger partial charge on any atom is 0.204 e. The fourth-order valence-electron chi connectivity index (χ4n) is 1.99. The zero-order valence-corrected chi connectivity index (χ0v) is 11.8. The smallest absolute Gasteiger partial charge is 0.204 e. The Morgan fingerprint density at radius 3 is 2.68 bits per heavy atom. The highest BCUT2D eigenvalue weighted by Crippen LogP contribution is 2.23. The van der Waals surface area contributed by atoms with Crippen molar-refractivity contribution < 1.29 is 4.74 Å². The Balaban J connectivity index is 2.10. The maximum absolute atomic E-state index is 5.31. The van der Waals surface area contributed by atoms with Gasteiger partial charge in [0.15, 0.2) is 0 Å². The quantitative estimate of drug-likeness (QED) is 0.894. The molecule has 1 N–H and O–H groups in total. The van der Waals surface area contributed by atoms with Crippen molar-refractivity contribution in [3.63, 3.8) is 0 Å². The molecule has 1 heterocycles. The molecule has 2 aromatic rings. The van der Waals surface area contributed by atoms with Gasteiger partial charge in [-0.05, 0) is 12.1 Å². The molecule has 0 bridgehead atoms. The molecule has 0 unspecified atom stereocenters. The minimum atomic E-state index is 0.706. The van der Waals surface area contributed by atoms with Crippen molar-refractivity contribution in [3.8, 4) is 5.75 Å². The first-order chi connectivity index (χ1) is 9.13. The highest BCUT2D eigenvalue weighted by atomic mass is 16.5. The van der Waals surface area contributed by atoms with Crippen molar-refractivity contribution in [1.29, 1.82) is 0 Å². The molecule has 0 aliphatic rings. The summed E-state index contributed by atoms with van der Waals surface area (Å²) in [7, 11) is 7.66. The van der Waals surface area contributed by atoms with E-state index in [2.05, 4.69) is 14.9 Å². The van der Waals surface area contributed by atoms with Crippen LogP contribution in [-0.2, 0) is 13.6 Å². The molecule has 0 fully saturated rings. The van der Waals surface area contributed by atoms with Gasteiger partial charge in [0.25, 0.3) is 0 Å². The molecule has 5 heteroatoms. The van der Waals surface area contributed by atoms with Gasteiger partial charge < -0.3 is 19.5 Å². The lowest BCUT2D eigenvalue weighted by Gasteiger charge is -2.14. The minimum Gasteiger partial charge on any atom is -0.495 e. The monoisotopic (exact) mass is 260 g/mol. The van der Waals surface area contributed by atoms with E-state index in [9.17, 15) is 0 Å². The molecule has 2 rings (SSSR count). The SMILES string of the molecule is COc1ccccc1NCc1cnc(N(C)C)n1C. The fourth-order valence-corrected chi connectivity index (χ4v) is 1.99. The van der Waals surface area contributed by atoms with Crippen LogP contribution in [0.1, 0.15) is 5.69 Å². The Hall–Kier alpha value is -2.17. The molecule has 0 aliphatic heterocycles. The van der Waals surface area contributed by atoms with E-state index in [1.54, 1.807) is 7.11 Å². The van der Waals surface area contributed by atoms with Crippen LogP contribution in [0.25, 0.3) is 0 Å². The number of benzene rings is 1. The molecule has 0 atom stereocenters. The molecule has 0 amide bonds. The molecule has 19 heavy (non-hydrogen) atoms. The normalized spacial score (nSPS) is 10.3. The summed E-state index contributed by atoms with van der Waals surface area (Å²) in [6.07, 6.45) is 1.89. The van der Waals surface area contributed by atoms with Gasteiger partial charge in [-0.2, -0.15) is 0 Å². The molecule has 1 aromatic heterocycles. The molecule has 0 spiro atoms. The van der Waals surface area contributed by atoms with E-state index in [0.717, 1.165) is 23.1 Å². The summed E-state index contributed by atoms with van der Waals surface area (Å²) in [6.45, 7) is 0.706. The van der Waals surface area contributed by atoms with Gasteiger partial charge in [-0.15, -0.1) is 0 Å². The number of nitrogens with zero attached hydrogens (tertiary/aromatic N) is 3. The number of nitrogens with one attached hydrogen (secondary N) is 1. The van der Waals surface area contributed by atoms with E-state index in [4.69, 9.17) is 4.74 Å². The molecule has 0 saturated heterocycles. The molecule has 0 saturated carbocycles. The zero-order valence-electron chi connectivity index (χ0n) is 11.8. The molecule has 0 aliphatic carbocycles. The molecule has 1 aromatic carbocycles. The van der Waals surface area contributed by atoms with E-state index in [-0.39, 0.29) is 0 Å². The van der Waals surface area contributed by atoms with Gasteiger partial charge in [0, 0.05) is 21.1 Å². The molecule has 0 radical (unpaired) electrons. The van der Waals surface area contributed by atoms with Crippen LogP contribution in [0.15, 0.2) is 30.5 Å². The Morgan fingerprint density at radius 2 is 2.05 bits per heavy atom. The first kappa shape index (κ1) is 13.3. The number of imidazole rings is 1. The molecular formula is C14H20N4O. The topological polar surface area (TPSA) is 42.3 Å². The summed E-state index contributed by atoms with van der Waals surface area (Å²) in [5.74, 6) is 1.79. The van der Waals surface area contributed by atoms with Crippen molar-refractivity contribution in [1.82, 2.24) is 9.55 Å². The molecular weight excluding hydrogens is 240 g/mol. The van der Waals surface area contributed by atoms with E-state index in [1.165, 1.54) is 0 Å². The fraction of sp³-hybridized carbons (Fsp3) is 0.357. The van der Waals surface area contributed by atoms with Crippen LogP contribution in [0.5, 0.6) is 5.75 Å². The van der Waals surface area contributed by atoms with Gasteiger partial charge in [-0.3, -0.25) is 0 Å². The predicted molar refractivity (Wildman–Crippen MR) is 77.9 cm³/mol. The summed E-state index contributed by atoms with van der Waals surface area (Å²) in [6, 6.07) is 7.89. The third-order valence-corrected chi connectivity index (χ3v) is 3.03. The van der Waals surface area contributed by atoms with Crippen LogP contribution in [0.3, 0.4) is 0 Å². The summed E-state index contributed by atoms with van der Waals surface area (Å²) in [5.41, 5.74) is 2.10. The Bertz CT molecular complexity index is 548. The first-order valence-corrected chi connectivity index (χ1v) is 6.18. The van der Waals surface area contributed by atoms with E-state index >= 15 is 0 Å². The third-order valence-electron chi connectivity index (χ3n) is 3.03. The first-order valence-electron chi connectivity index (χ1n) is 6.18. The van der Waals surface area contributed by atoms with Crippen LogP contribution in [0.4, 0.5) is 11.6 Å². The van der Waals surface area contributed by atoms with Crippen LogP contribution < -0.4 is 15.0 Å². The highest BCUT2D eigenvalue weighted by molar-refractivity contribution is 5.56. The second kappa shape index (κ2) is 5.65. The third kappa shape index (κ3) is 2.81. The van der Waals surface area contributed by atoms with Crippen molar-refractivity contribution in [2.75, 3.05) is 31.4 Å². The highest BCUT2D eigenvalue weighted by Gasteiger charge is 2.08. The van der Waals surface area contributed by atoms with Crippen molar-refractivity contribution in [3.05, 3.63) is 36.2 Å². The number of aromatic nitrogens is 2. The number of para-hydroxylation sites is 2. The molecule has 5 nitrogen and oxygen atoms in total. The Kier molecular flexibility index (Phi) is 3.94. The Morgan fingerprint density at radius 1 is 1.32 bits per heavy atom. The van der Waals surface area contributed by atoms with Gasteiger partial charge in [-0.1, -0.05) is 12.1 Å². The maximum atomic E-state index is 5.31. The molecule has 102 valence electrons. The van der Waals surface area contributed by atoms with Crippen molar-refractivity contribution >= 4 is 11.6 Å². The van der Waals surface area contributed by atoms with E-state index in [0.29, 0.717) is 6.54 Å². The second-order valence-electron chi connectivity index (χ2n) is 4.56. The van der Waals surface area contributed by atoms with E-state index < -0.39 is 0 Å². The van der Waals surface area contributed by atoms with Crippen molar-refractivity contribution in [2.45, 2.75) is 6.54 Å². The van der Waals surface area contributed by atoms with Gasteiger partial charge in [0.05, 0.1) is 31.2 Å². The zero-order chi connectivity index (χ0) is 13.8. The van der Waals surface area contributed by atoms with Crippen LogP contribution in [-0.4, -0.2) is 30.8 Å². The summed E-state index contributed by atoms with van der Waals surface area (Å²) >= 11 is 0. The summed E-state index contributed by atoms with van der Waals surface area (Å²) in [4.78, 5) is 6.38. The van der Waals surface area contributed by atoms with Gasteiger partial charge >= 0.3 is 0 Å². The average molecular weight is 260 g/mol. The van der Waals surface area contributed by atoms with Crippen LogP contribution >= 0.6 is 0 Å². The van der Waals surface area contributed by atoms with Crippen molar-refractivity contribution in [2.24, 2.45) is 7.05 Å². The largest absolute Gasteiger partial charge is 0.495 e. The lowest BCUT2D eigenvalue weighted by Crippen LogP contribution is -2.15. The predicted octanol–water partition coefficient (Wildman–Crippen LogP) is 2.11. The van der Waals surface area contributed by atoms with Gasteiger partial charge in [-0.25, -0.2) is 4.98 Å². The van der Waals surface area contributed by atoms with Gasteiger partial charge in [0.2, 0.25) is 5.95 Å². The number of ether oxygens (including phenoxy) is 1. The minimum absolute atomic E-state index is 0.706.